The zero-order chi connectivity index (χ0) is 18.2. The van der Waals surface area contributed by atoms with Crippen molar-refractivity contribution in [2.45, 2.75) is 53.1 Å². The van der Waals surface area contributed by atoms with Crippen molar-refractivity contribution in [3.63, 3.8) is 0 Å². The molecule has 1 saturated heterocycles. The first-order valence-corrected chi connectivity index (χ1v) is 9.55. The molecule has 136 valence electrons. The normalized spacial score (nSPS) is 29.1. The highest BCUT2D eigenvalue weighted by molar-refractivity contribution is 5.84. The number of hydrogen-bond acceptors (Lipinski definition) is 2. The predicted octanol–water partition coefficient (Wildman–Crippen LogP) is 4.18. The van der Waals surface area contributed by atoms with E-state index in [1.54, 1.807) is 0 Å². The van der Waals surface area contributed by atoms with Gasteiger partial charge in [0.25, 0.3) is 0 Å². The number of nitrogens with zero attached hydrogens (tertiary/aromatic N) is 1. The molecule has 1 aromatic rings. The van der Waals surface area contributed by atoms with Crippen LogP contribution in [0.25, 0.3) is 0 Å². The van der Waals surface area contributed by atoms with Gasteiger partial charge in [0.15, 0.2) is 0 Å². The van der Waals surface area contributed by atoms with E-state index in [0.717, 1.165) is 19.5 Å². The molecule has 1 aromatic carbocycles. The van der Waals surface area contributed by atoms with Gasteiger partial charge in [-0.2, -0.15) is 0 Å². The van der Waals surface area contributed by atoms with E-state index in [-0.39, 0.29) is 23.3 Å². The van der Waals surface area contributed by atoms with Gasteiger partial charge >= 0.3 is 0 Å². The zero-order valence-electron chi connectivity index (χ0n) is 16.3. The molecule has 0 spiro atoms. The fraction of sp³-hybridized carbons (Fsp3) is 0.591. The third-order valence-electron chi connectivity index (χ3n) is 6.10. The molecule has 1 heterocycles. The summed E-state index contributed by atoms with van der Waals surface area (Å²) in [5, 5.41) is 3.33. The Morgan fingerprint density at radius 2 is 1.96 bits per heavy atom. The maximum absolute atomic E-state index is 12.8. The Morgan fingerprint density at radius 1 is 1.28 bits per heavy atom. The second kappa shape index (κ2) is 6.95. The topological polar surface area (TPSA) is 32.3 Å². The fourth-order valence-corrected chi connectivity index (χ4v) is 4.34. The van der Waals surface area contributed by atoms with Crippen molar-refractivity contribution in [2.24, 2.45) is 17.3 Å². The van der Waals surface area contributed by atoms with Crippen molar-refractivity contribution in [3.8, 4) is 0 Å². The highest BCUT2D eigenvalue weighted by Gasteiger charge is 2.60. The van der Waals surface area contributed by atoms with Crippen LogP contribution < -0.4 is 5.32 Å². The predicted molar refractivity (Wildman–Crippen MR) is 103 cm³/mol. The highest BCUT2D eigenvalue weighted by Crippen LogP contribution is 2.59. The molecule has 2 fully saturated rings. The molecule has 4 atom stereocenters. The summed E-state index contributed by atoms with van der Waals surface area (Å²) in [6.45, 7) is 12.9. The van der Waals surface area contributed by atoms with E-state index >= 15 is 0 Å². The lowest BCUT2D eigenvalue weighted by Crippen LogP contribution is -2.39. The van der Waals surface area contributed by atoms with Gasteiger partial charge in [-0.3, -0.25) is 9.69 Å². The molecule has 0 radical (unpaired) electrons. The monoisotopic (exact) mass is 340 g/mol. The van der Waals surface area contributed by atoms with E-state index in [2.05, 4.69) is 81.2 Å². The van der Waals surface area contributed by atoms with Crippen LogP contribution >= 0.6 is 0 Å². The second-order valence-electron chi connectivity index (χ2n) is 8.64. The molecule has 1 aliphatic heterocycles. The number of carbonyl (C=O) groups is 1. The van der Waals surface area contributed by atoms with Gasteiger partial charge < -0.3 is 5.32 Å². The maximum atomic E-state index is 12.8. The van der Waals surface area contributed by atoms with Crippen molar-refractivity contribution >= 4 is 5.91 Å². The molecule has 0 bridgehead atoms. The standard InChI is InChI=1S/C22H32N2O/c1-15(2)13-19-20(22(19,4)5)21(25)23-18-11-12-24(14-18)16(3)17-9-7-6-8-10-17/h6-10,13,16,18-20H,11-12,14H2,1-5H3,(H,23,25)/t16-,18+,19-,20-/m1/s1. The lowest BCUT2D eigenvalue weighted by atomic mass is 10.1. The number of likely N-dealkylation sites (tertiary alicyclic amines) is 1. The number of carbonyl (C=O) groups excluding carboxylic acids is 1. The number of nitrogens with one attached hydrogen (secondary N) is 1. The molecule has 1 N–H and O–H groups in total. The van der Waals surface area contributed by atoms with Gasteiger partial charge in [0.2, 0.25) is 5.91 Å². The van der Waals surface area contributed by atoms with Crippen LogP contribution in [-0.4, -0.2) is 29.9 Å². The minimum atomic E-state index is 0.0942. The smallest absolute Gasteiger partial charge is 0.224 e. The summed E-state index contributed by atoms with van der Waals surface area (Å²) in [5.74, 6) is 0.757. The average Bonchev–Trinajstić information content (AvgIpc) is 2.90. The summed E-state index contributed by atoms with van der Waals surface area (Å²) < 4.78 is 0. The van der Waals surface area contributed by atoms with Crippen LogP contribution in [0.1, 0.15) is 52.6 Å². The van der Waals surface area contributed by atoms with E-state index in [0.29, 0.717) is 12.0 Å². The average molecular weight is 341 g/mol. The van der Waals surface area contributed by atoms with Gasteiger partial charge in [0, 0.05) is 25.2 Å². The number of benzene rings is 1. The Balaban J connectivity index is 1.55. The second-order valence-corrected chi connectivity index (χ2v) is 8.64. The first-order chi connectivity index (χ1) is 11.8. The molecular weight excluding hydrogens is 308 g/mol. The number of amides is 1. The highest BCUT2D eigenvalue weighted by atomic mass is 16.2. The summed E-state index contributed by atoms with van der Waals surface area (Å²) in [6.07, 6.45) is 3.31. The van der Waals surface area contributed by atoms with E-state index in [9.17, 15) is 4.79 Å². The summed E-state index contributed by atoms with van der Waals surface area (Å²) >= 11 is 0. The Bertz CT molecular complexity index is 645. The van der Waals surface area contributed by atoms with Crippen molar-refractivity contribution in [3.05, 3.63) is 47.5 Å². The maximum Gasteiger partial charge on any atom is 0.224 e. The zero-order valence-corrected chi connectivity index (χ0v) is 16.3. The Hall–Kier alpha value is -1.61. The van der Waals surface area contributed by atoms with Gasteiger partial charge in [0.05, 0.1) is 5.92 Å². The molecule has 1 aliphatic carbocycles. The fourth-order valence-electron chi connectivity index (χ4n) is 4.34. The van der Waals surface area contributed by atoms with Crippen molar-refractivity contribution in [2.75, 3.05) is 13.1 Å². The Morgan fingerprint density at radius 3 is 2.60 bits per heavy atom. The van der Waals surface area contributed by atoms with E-state index in [1.807, 2.05) is 0 Å². The molecule has 3 rings (SSSR count). The molecular formula is C22H32N2O. The number of allylic oxidation sites excluding steroid dienone is 2. The van der Waals surface area contributed by atoms with E-state index < -0.39 is 0 Å². The van der Waals surface area contributed by atoms with Crippen LogP contribution in [0.15, 0.2) is 42.0 Å². The van der Waals surface area contributed by atoms with Gasteiger partial charge in [-0.15, -0.1) is 0 Å². The largest absolute Gasteiger partial charge is 0.352 e. The van der Waals surface area contributed by atoms with Crippen LogP contribution in [0.5, 0.6) is 0 Å². The van der Waals surface area contributed by atoms with Crippen LogP contribution in [0.3, 0.4) is 0 Å². The minimum Gasteiger partial charge on any atom is -0.352 e. The van der Waals surface area contributed by atoms with Crippen LogP contribution in [0, 0.1) is 17.3 Å². The SMILES string of the molecule is CC(C)=C[C@@H]1[C@H](C(=O)N[C@H]2CCN([C@H](C)c3ccccc3)C2)C1(C)C. The molecule has 25 heavy (non-hydrogen) atoms. The van der Waals surface area contributed by atoms with Gasteiger partial charge in [-0.25, -0.2) is 0 Å². The third kappa shape index (κ3) is 3.82. The van der Waals surface area contributed by atoms with Crippen LogP contribution in [0.2, 0.25) is 0 Å². The van der Waals surface area contributed by atoms with Gasteiger partial charge in [-0.05, 0) is 44.1 Å². The lowest BCUT2D eigenvalue weighted by molar-refractivity contribution is -0.123. The summed E-state index contributed by atoms with van der Waals surface area (Å²) in [6, 6.07) is 11.3. The van der Waals surface area contributed by atoms with Gasteiger partial charge in [-0.1, -0.05) is 55.8 Å². The lowest BCUT2D eigenvalue weighted by Gasteiger charge is -2.25. The number of rotatable bonds is 5. The molecule has 3 nitrogen and oxygen atoms in total. The molecule has 3 heteroatoms. The van der Waals surface area contributed by atoms with E-state index in [4.69, 9.17) is 0 Å². The summed E-state index contributed by atoms with van der Waals surface area (Å²) in [7, 11) is 0. The Labute approximate surface area is 152 Å². The van der Waals surface area contributed by atoms with Gasteiger partial charge in [0.1, 0.15) is 0 Å². The Kier molecular flexibility index (Phi) is 5.06. The molecule has 2 aliphatic rings. The summed E-state index contributed by atoms with van der Waals surface area (Å²) in [4.78, 5) is 15.2. The first-order valence-electron chi connectivity index (χ1n) is 9.55. The molecule has 1 saturated carbocycles. The quantitative estimate of drug-likeness (QED) is 0.816. The van der Waals surface area contributed by atoms with Crippen LogP contribution in [0.4, 0.5) is 0 Å². The van der Waals surface area contributed by atoms with Crippen LogP contribution in [-0.2, 0) is 4.79 Å². The van der Waals surface area contributed by atoms with E-state index in [1.165, 1.54) is 11.1 Å². The van der Waals surface area contributed by atoms with Crippen molar-refractivity contribution in [1.82, 2.24) is 10.2 Å². The molecule has 0 aromatic heterocycles. The van der Waals surface area contributed by atoms with Crippen molar-refractivity contribution in [1.29, 1.82) is 0 Å². The summed E-state index contributed by atoms with van der Waals surface area (Å²) in [5.41, 5.74) is 2.75. The molecule has 1 amide bonds. The molecule has 0 unspecified atom stereocenters. The number of hydrogen-bond donors (Lipinski definition) is 1. The third-order valence-corrected chi connectivity index (χ3v) is 6.10. The first kappa shape index (κ1) is 18.2. The minimum absolute atomic E-state index is 0.0942. The van der Waals surface area contributed by atoms with Crippen molar-refractivity contribution < 1.29 is 4.79 Å².